The number of likely N-dealkylation sites (tertiary alicyclic amines) is 1. The average Bonchev–Trinajstić information content (AvgIpc) is 2.51. The molecule has 3 rings (SSSR count). The van der Waals surface area contributed by atoms with Gasteiger partial charge in [-0.3, -0.25) is 4.79 Å². The first-order valence-corrected chi connectivity index (χ1v) is 7.12. The summed E-state index contributed by atoms with van der Waals surface area (Å²) < 4.78 is 37.0. The molecule has 0 aromatic heterocycles. The number of hydrogen-bond donors (Lipinski definition) is 0. The number of carbonyl (C=O) groups is 1. The molecular formula is C17H15F2NO3. The van der Waals surface area contributed by atoms with Crippen LogP contribution in [0.2, 0.25) is 0 Å². The van der Waals surface area contributed by atoms with Crippen molar-refractivity contribution < 1.29 is 23.0 Å². The number of amides is 1. The molecule has 0 N–H and O–H groups in total. The molecule has 1 heterocycles. The normalized spacial score (nSPS) is 14.3. The largest absolute Gasteiger partial charge is 0.496 e. The van der Waals surface area contributed by atoms with Gasteiger partial charge in [-0.05, 0) is 24.3 Å². The highest BCUT2D eigenvalue weighted by molar-refractivity contribution is 5.97. The first kappa shape index (κ1) is 15.3. The maximum absolute atomic E-state index is 13.5. The van der Waals surface area contributed by atoms with Crippen LogP contribution in [0.3, 0.4) is 0 Å². The molecule has 0 radical (unpaired) electrons. The van der Waals surface area contributed by atoms with Crippen LogP contribution in [-0.4, -0.2) is 37.1 Å². The van der Waals surface area contributed by atoms with Crippen LogP contribution < -0.4 is 9.47 Å². The predicted molar refractivity (Wildman–Crippen MR) is 79.7 cm³/mol. The topological polar surface area (TPSA) is 38.8 Å². The number of carbonyl (C=O) groups excluding carboxylic acids is 1. The maximum Gasteiger partial charge on any atom is 0.257 e. The van der Waals surface area contributed by atoms with Crippen LogP contribution in [0.4, 0.5) is 8.78 Å². The molecule has 23 heavy (non-hydrogen) atoms. The Labute approximate surface area is 132 Å². The molecule has 1 saturated heterocycles. The van der Waals surface area contributed by atoms with Gasteiger partial charge in [0, 0.05) is 6.07 Å². The first-order valence-electron chi connectivity index (χ1n) is 7.12. The number of hydrogen-bond acceptors (Lipinski definition) is 3. The summed E-state index contributed by atoms with van der Waals surface area (Å²) in [4.78, 5) is 14.0. The van der Waals surface area contributed by atoms with E-state index in [4.69, 9.17) is 9.47 Å². The number of methoxy groups -OCH3 is 1. The Morgan fingerprint density at radius 1 is 1.13 bits per heavy atom. The lowest BCUT2D eigenvalue weighted by Gasteiger charge is -2.39. The van der Waals surface area contributed by atoms with E-state index < -0.39 is 11.6 Å². The number of rotatable bonds is 4. The van der Waals surface area contributed by atoms with Crippen molar-refractivity contribution in [3.8, 4) is 11.5 Å². The lowest BCUT2D eigenvalue weighted by Crippen LogP contribution is -2.56. The highest BCUT2D eigenvalue weighted by Crippen LogP contribution is 2.25. The van der Waals surface area contributed by atoms with Gasteiger partial charge in [-0.15, -0.1) is 0 Å². The van der Waals surface area contributed by atoms with Gasteiger partial charge in [0.25, 0.3) is 5.91 Å². The predicted octanol–water partition coefficient (Wildman–Crippen LogP) is 2.88. The molecular weight excluding hydrogens is 304 g/mol. The van der Waals surface area contributed by atoms with Crippen LogP contribution in [0.1, 0.15) is 10.4 Å². The summed E-state index contributed by atoms with van der Waals surface area (Å²) in [6.07, 6.45) is -0.311. The number of ether oxygens (including phenoxy) is 2. The summed E-state index contributed by atoms with van der Waals surface area (Å²) in [7, 11) is 1.51. The van der Waals surface area contributed by atoms with E-state index in [-0.39, 0.29) is 17.8 Å². The lowest BCUT2D eigenvalue weighted by atomic mass is 10.1. The quantitative estimate of drug-likeness (QED) is 0.870. The Morgan fingerprint density at radius 2 is 1.87 bits per heavy atom. The second-order valence-electron chi connectivity index (χ2n) is 5.23. The van der Waals surface area contributed by atoms with Crippen LogP contribution in [0, 0.1) is 11.6 Å². The first-order chi connectivity index (χ1) is 11.1. The molecule has 0 aliphatic carbocycles. The van der Waals surface area contributed by atoms with Crippen LogP contribution in [-0.2, 0) is 0 Å². The third-order valence-corrected chi connectivity index (χ3v) is 3.66. The van der Waals surface area contributed by atoms with Crippen molar-refractivity contribution in [2.75, 3.05) is 20.2 Å². The Morgan fingerprint density at radius 3 is 2.57 bits per heavy atom. The van der Waals surface area contributed by atoms with Crippen molar-refractivity contribution in [2.24, 2.45) is 0 Å². The molecule has 0 atom stereocenters. The van der Waals surface area contributed by atoms with E-state index in [2.05, 4.69) is 0 Å². The fraction of sp³-hybridized carbons (Fsp3) is 0.235. The molecule has 6 heteroatoms. The van der Waals surface area contributed by atoms with Crippen LogP contribution >= 0.6 is 0 Å². The van der Waals surface area contributed by atoms with E-state index in [0.29, 0.717) is 24.4 Å². The lowest BCUT2D eigenvalue weighted by molar-refractivity contribution is 0.0161. The summed E-state index contributed by atoms with van der Waals surface area (Å²) in [5.41, 5.74) is 0.474. The van der Waals surface area contributed by atoms with E-state index in [0.717, 1.165) is 12.1 Å². The third kappa shape index (κ3) is 3.11. The minimum atomic E-state index is -0.750. The van der Waals surface area contributed by atoms with Crippen LogP contribution in [0.25, 0.3) is 0 Å². The van der Waals surface area contributed by atoms with Gasteiger partial charge in [0.2, 0.25) is 0 Å². The van der Waals surface area contributed by atoms with Gasteiger partial charge >= 0.3 is 0 Å². The second-order valence-corrected chi connectivity index (χ2v) is 5.23. The Kier molecular flexibility index (Phi) is 4.14. The van der Waals surface area contributed by atoms with Crippen molar-refractivity contribution in [1.82, 2.24) is 4.90 Å². The van der Waals surface area contributed by atoms with Gasteiger partial charge < -0.3 is 14.4 Å². The standard InChI is InChI=1S/C17H15F2NO3/c1-22-15-5-3-2-4-13(15)17(21)20-9-12(10-20)23-16-7-6-11(18)8-14(16)19/h2-8,12H,9-10H2,1H3. The van der Waals surface area contributed by atoms with E-state index in [1.54, 1.807) is 29.2 Å². The summed E-state index contributed by atoms with van der Waals surface area (Å²) in [6.45, 7) is 0.682. The van der Waals surface area contributed by atoms with Gasteiger partial charge in [-0.25, -0.2) is 8.78 Å². The SMILES string of the molecule is COc1ccccc1C(=O)N1CC(Oc2ccc(F)cc2F)C1. The zero-order valence-electron chi connectivity index (χ0n) is 12.5. The summed E-state index contributed by atoms with van der Waals surface area (Å²) >= 11 is 0. The zero-order valence-corrected chi connectivity index (χ0v) is 12.5. The monoisotopic (exact) mass is 319 g/mol. The summed E-state index contributed by atoms with van der Waals surface area (Å²) in [5.74, 6) is -1.08. The average molecular weight is 319 g/mol. The molecule has 1 aliphatic rings. The maximum atomic E-state index is 13.5. The fourth-order valence-corrected chi connectivity index (χ4v) is 2.42. The van der Waals surface area contributed by atoms with Crippen molar-refractivity contribution in [3.05, 3.63) is 59.7 Å². The molecule has 2 aromatic carbocycles. The zero-order chi connectivity index (χ0) is 16.4. The summed E-state index contributed by atoms with van der Waals surface area (Å²) in [5, 5.41) is 0. The molecule has 120 valence electrons. The van der Waals surface area contributed by atoms with Crippen molar-refractivity contribution in [3.63, 3.8) is 0 Å². The summed E-state index contributed by atoms with van der Waals surface area (Å²) in [6, 6.07) is 10.1. The molecule has 0 spiro atoms. The molecule has 1 fully saturated rings. The Balaban J connectivity index is 1.61. The van der Waals surface area contributed by atoms with E-state index in [9.17, 15) is 13.6 Å². The number of para-hydroxylation sites is 1. The minimum absolute atomic E-state index is 0.0132. The van der Waals surface area contributed by atoms with Crippen LogP contribution in [0.5, 0.6) is 11.5 Å². The molecule has 1 aliphatic heterocycles. The number of benzene rings is 2. The van der Waals surface area contributed by atoms with Crippen molar-refractivity contribution in [1.29, 1.82) is 0 Å². The highest BCUT2D eigenvalue weighted by Gasteiger charge is 2.34. The van der Waals surface area contributed by atoms with Crippen LogP contribution in [0.15, 0.2) is 42.5 Å². The fourth-order valence-electron chi connectivity index (χ4n) is 2.42. The highest BCUT2D eigenvalue weighted by atomic mass is 19.1. The smallest absolute Gasteiger partial charge is 0.257 e. The molecule has 0 bridgehead atoms. The van der Waals surface area contributed by atoms with Gasteiger partial charge in [-0.2, -0.15) is 0 Å². The van der Waals surface area contributed by atoms with Gasteiger partial charge in [0.15, 0.2) is 11.6 Å². The molecule has 1 amide bonds. The van der Waals surface area contributed by atoms with Gasteiger partial charge in [0.05, 0.1) is 25.8 Å². The molecule has 0 unspecified atom stereocenters. The van der Waals surface area contributed by atoms with Gasteiger partial charge in [-0.1, -0.05) is 12.1 Å². The van der Waals surface area contributed by atoms with E-state index in [1.165, 1.54) is 13.2 Å². The van der Waals surface area contributed by atoms with Gasteiger partial charge in [0.1, 0.15) is 17.7 Å². The van der Waals surface area contributed by atoms with E-state index >= 15 is 0 Å². The third-order valence-electron chi connectivity index (χ3n) is 3.66. The second kappa shape index (κ2) is 6.24. The Bertz CT molecular complexity index is 730. The van der Waals surface area contributed by atoms with E-state index in [1.807, 2.05) is 0 Å². The van der Waals surface area contributed by atoms with Crippen molar-refractivity contribution in [2.45, 2.75) is 6.10 Å². The minimum Gasteiger partial charge on any atom is -0.496 e. The molecule has 4 nitrogen and oxygen atoms in total. The Hall–Kier alpha value is -2.63. The molecule has 2 aromatic rings. The molecule has 0 saturated carbocycles. The number of halogens is 2. The van der Waals surface area contributed by atoms with Crippen molar-refractivity contribution >= 4 is 5.91 Å². The number of nitrogens with zero attached hydrogens (tertiary/aromatic N) is 1.